The molecule has 0 atom stereocenters. The van der Waals surface area contributed by atoms with Crippen LogP contribution in [0.4, 0.5) is 14.6 Å². The highest BCUT2D eigenvalue weighted by Crippen LogP contribution is 2.30. The van der Waals surface area contributed by atoms with E-state index in [1.165, 1.54) is 17.7 Å². The molecule has 0 unspecified atom stereocenters. The van der Waals surface area contributed by atoms with Gasteiger partial charge in [-0.2, -0.15) is 4.68 Å². The van der Waals surface area contributed by atoms with Gasteiger partial charge in [0.25, 0.3) is 0 Å². The fraction of sp³-hybridized carbons (Fsp3) is 0.143. The molecule has 2 heterocycles. The molecule has 2 aromatic carbocycles. The van der Waals surface area contributed by atoms with Crippen molar-refractivity contribution < 1.29 is 8.78 Å². The molecule has 2 aromatic heterocycles. The topological polar surface area (TPSA) is 82.5 Å². The Balaban J connectivity index is 1.80. The lowest BCUT2D eigenvalue weighted by molar-refractivity contribution is 0.501. The average molecular weight is 392 g/mol. The molecular formula is C21H18F2N6. The predicted molar refractivity (Wildman–Crippen MR) is 106 cm³/mol. The summed E-state index contributed by atoms with van der Waals surface area (Å²) < 4.78 is 29.0. The third-order valence-corrected chi connectivity index (χ3v) is 4.70. The van der Waals surface area contributed by atoms with Gasteiger partial charge >= 0.3 is 0 Å². The molecule has 0 aliphatic carbocycles. The zero-order valence-electron chi connectivity index (χ0n) is 15.8. The van der Waals surface area contributed by atoms with Gasteiger partial charge in [-0.15, -0.1) is 5.10 Å². The van der Waals surface area contributed by atoms with Crippen molar-refractivity contribution in [3.8, 4) is 28.2 Å². The SMILES string of the molecule is CC(C)c1ccc(-c2cnc(N)c(-c3nnnn3-c3cccc(F)c3F)c2)cc1. The van der Waals surface area contributed by atoms with Gasteiger partial charge in [0.15, 0.2) is 17.5 Å². The first kappa shape index (κ1) is 18.7. The Kier molecular flexibility index (Phi) is 4.75. The van der Waals surface area contributed by atoms with E-state index >= 15 is 0 Å². The first-order valence-corrected chi connectivity index (χ1v) is 9.04. The highest BCUT2D eigenvalue weighted by atomic mass is 19.2. The molecule has 0 saturated heterocycles. The molecule has 8 heteroatoms. The number of hydrogen-bond donors (Lipinski definition) is 1. The first-order valence-electron chi connectivity index (χ1n) is 9.04. The van der Waals surface area contributed by atoms with Gasteiger partial charge in [0.2, 0.25) is 0 Å². The van der Waals surface area contributed by atoms with Crippen LogP contribution in [0.3, 0.4) is 0 Å². The van der Waals surface area contributed by atoms with Crippen LogP contribution in [0.15, 0.2) is 54.7 Å². The lowest BCUT2D eigenvalue weighted by Crippen LogP contribution is -2.06. The molecule has 0 aliphatic heterocycles. The monoisotopic (exact) mass is 392 g/mol. The second kappa shape index (κ2) is 7.38. The van der Waals surface area contributed by atoms with Crippen molar-refractivity contribution in [2.75, 3.05) is 5.73 Å². The van der Waals surface area contributed by atoms with Crippen LogP contribution in [0.1, 0.15) is 25.3 Å². The number of pyridine rings is 1. The Morgan fingerprint density at radius 1 is 1.00 bits per heavy atom. The molecule has 0 bridgehead atoms. The summed E-state index contributed by atoms with van der Waals surface area (Å²) in [4.78, 5) is 4.24. The number of halogens is 2. The molecule has 29 heavy (non-hydrogen) atoms. The van der Waals surface area contributed by atoms with Gasteiger partial charge in [0, 0.05) is 11.8 Å². The summed E-state index contributed by atoms with van der Waals surface area (Å²) in [5.41, 5.74) is 9.33. The summed E-state index contributed by atoms with van der Waals surface area (Å²) >= 11 is 0. The molecule has 0 aliphatic rings. The normalized spacial score (nSPS) is 11.2. The summed E-state index contributed by atoms with van der Waals surface area (Å²) in [6, 6.07) is 13.7. The lowest BCUT2D eigenvalue weighted by Gasteiger charge is -2.10. The fourth-order valence-corrected chi connectivity index (χ4v) is 3.05. The number of rotatable bonds is 4. The van der Waals surface area contributed by atoms with E-state index in [0.717, 1.165) is 21.9 Å². The molecule has 0 amide bonds. The van der Waals surface area contributed by atoms with Crippen LogP contribution in [0, 0.1) is 11.6 Å². The van der Waals surface area contributed by atoms with Crippen LogP contribution in [0.5, 0.6) is 0 Å². The van der Waals surface area contributed by atoms with Crippen LogP contribution in [0.25, 0.3) is 28.2 Å². The molecule has 0 saturated carbocycles. The van der Waals surface area contributed by atoms with Gasteiger partial charge in [-0.05, 0) is 45.7 Å². The van der Waals surface area contributed by atoms with Gasteiger partial charge in [-0.3, -0.25) is 0 Å². The number of nitrogens with zero attached hydrogens (tertiary/aromatic N) is 5. The Bertz CT molecular complexity index is 1170. The van der Waals surface area contributed by atoms with E-state index in [2.05, 4.69) is 46.5 Å². The van der Waals surface area contributed by atoms with E-state index in [9.17, 15) is 8.78 Å². The van der Waals surface area contributed by atoms with E-state index in [-0.39, 0.29) is 17.3 Å². The molecule has 4 rings (SSSR count). The van der Waals surface area contributed by atoms with Gasteiger partial charge in [0.1, 0.15) is 11.5 Å². The standard InChI is InChI=1S/C21H18F2N6/c1-12(2)13-6-8-14(9-7-13)15-10-16(20(24)25-11-15)21-26-27-28-29(21)18-5-3-4-17(22)19(18)23/h3-12H,1-2H3,(H2,24,25). The minimum atomic E-state index is -1.05. The summed E-state index contributed by atoms with van der Waals surface area (Å²) in [6.45, 7) is 4.26. The number of anilines is 1. The van der Waals surface area contributed by atoms with Crippen molar-refractivity contribution in [2.45, 2.75) is 19.8 Å². The minimum absolute atomic E-state index is 0.115. The number of nitrogen functional groups attached to an aromatic ring is 1. The zero-order valence-corrected chi connectivity index (χ0v) is 15.8. The Morgan fingerprint density at radius 3 is 2.48 bits per heavy atom. The fourth-order valence-electron chi connectivity index (χ4n) is 3.05. The molecule has 0 fully saturated rings. The van der Waals surface area contributed by atoms with Crippen LogP contribution in [-0.4, -0.2) is 25.2 Å². The Morgan fingerprint density at radius 2 is 1.76 bits per heavy atom. The maximum atomic E-state index is 14.3. The zero-order chi connectivity index (χ0) is 20.5. The van der Waals surface area contributed by atoms with E-state index in [1.807, 2.05) is 12.1 Å². The van der Waals surface area contributed by atoms with Crippen LogP contribution in [-0.2, 0) is 0 Å². The summed E-state index contributed by atoms with van der Waals surface area (Å²) in [7, 11) is 0. The minimum Gasteiger partial charge on any atom is -0.383 e. The molecule has 0 radical (unpaired) electrons. The second-order valence-corrected chi connectivity index (χ2v) is 6.92. The molecular weight excluding hydrogens is 374 g/mol. The smallest absolute Gasteiger partial charge is 0.190 e. The summed E-state index contributed by atoms with van der Waals surface area (Å²) in [5, 5.41) is 11.4. The van der Waals surface area contributed by atoms with Crippen molar-refractivity contribution in [2.24, 2.45) is 0 Å². The summed E-state index contributed by atoms with van der Waals surface area (Å²) in [6.07, 6.45) is 1.65. The highest BCUT2D eigenvalue weighted by Gasteiger charge is 2.19. The van der Waals surface area contributed by atoms with Crippen molar-refractivity contribution in [3.63, 3.8) is 0 Å². The summed E-state index contributed by atoms with van der Waals surface area (Å²) in [5.74, 6) is -1.27. The predicted octanol–water partition coefficient (Wildman–Crippen LogP) is 4.38. The largest absolute Gasteiger partial charge is 0.383 e. The third kappa shape index (κ3) is 3.44. The highest BCUT2D eigenvalue weighted by molar-refractivity contribution is 5.76. The van der Waals surface area contributed by atoms with Gasteiger partial charge < -0.3 is 5.73 Å². The third-order valence-electron chi connectivity index (χ3n) is 4.70. The molecule has 4 aromatic rings. The Labute approximate surface area is 166 Å². The molecule has 0 spiro atoms. The quantitative estimate of drug-likeness (QED) is 0.557. The first-order chi connectivity index (χ1) is 14.0. The molecule has 2 N–H and O–H groups in total. The van der Waals surface area contributed by atoms with Crippen LogP contribution < -0.4 is 5.73 Å². The van der Waals surface area contributed by atoms with E-state index < -0.39 is 11.6 Å². The number of benzene rings is 2. The second-order valence-electron chi connectivity index (χ2n) is 6.92. The van der Waals surface area contributed by atoms with Crippen molar-refractivity contribution >= 4 is 5.82 Å². The maximum absolute atomic E-state index is 14.3. The van der Waals surface area contributed by atoms with Crippen molar-refractivity contribution in [3.05, 3.63) is 71.9 Å². The lowest BCUT2D eigenvalue weighted by atomic mass is 9.99. The molecule has 6 nitrogen and oxygen atoms in total. The van der Waals surface area contributed by atoms with Crippen LogP contribution >= 0.6 is 0 Å². The van der Waals surface area contributed by atoms with E-state index in [1.54, 1.807) is 12.3 Å². The Hall–Kier alpha value is -3.68. The number of nitrogens with two attached hydrogens (primary N) is 1. The van der Waals surface area contributed by atoms with Gasteiger partial charge in [0.05, 0.1) is 5.56 Å². The molecule has 146 valence electrons. The number of tetrazole rings is 1. The number of hydrogen-bond acceptors (Lipinski definition) is 5. The van der Waals surface area contributed by atoms with Gasteiger partial charge in [-0.25, -0.2) is 13.8 Å². The van der Waals surface area contributed by atoms with Gasteiger partial charge in [-0.1, -0.05) is 44.2 Å². The van der Waals surface area contributed by atoms with Crippen LogP contribution in [0.2, 0.25) is 0 Å². The number of aromatic nitrogens is 5. The average Bonchev–Trinajstić information content (AvgIpc) is 3.20. The van der Waals surface area contributed by atoms with Crippen molar-refractivity contribution in [1.29, 1.82) is 0 Å². The maximum Gasteiger partial charge on any atom is 0.190 e. The van der Waals surface area contributed by atoms with E-state index in [0.29, 0.717) is 11.5 Å². The van der Waals surface area contributed by atoms with E-state index in [4.69, 9.17) is 5.73 Å². The van der Waals surface area contributed by atoms with Crippen molar-refractivity contribution in [1.82, 2.24) is 25.2 Å².